The molecule has 0 radical (unpaired) electrons. The highest BCUT2D eigenvalue weighted by molar-refractivity contribution is 5.73. The highest BCUT2D eigenvalue weighted by Crippen LogP contribution is 2.28. The lowest BCUT2D eigenvalue weighted by Gasteiger charge is -2.44. The van der Waals surface area contributed by atoms with E-state index in [1.165, 1.54) is 20.8 Å². The van der Waals surface area contributed by atoms with Crippen molar-refractivity contribution in [3.8, 4) is 0 Å². The Morgan fingerprint density at radius 1 is 0.857 bits per heavy atom. The second-order valence-corrected chi connectivity index (χ2v) is 9.13. The van der Waals surface area contributed by atoms with Gasteiger partial charge in [-0.05, 0) is 33.6 Å². The number of carbonyl (C=O) groups excluding carboxylic acids is 5. The summed E-state index contributed by atoms with van der Waals surface area (Å²) in [5.41, 5.74) is -0.573. The lowest BCUT2D eigenvalue weighted by molar-refractivity contribution is -0.277. The van der Waals surface area contributed by atoms with Crippen molar-refractivity contribution >= 4 is 29.8 Å². The number of unbranched alkanes of at least 4 members (excludes halogenated alkanes) is 1. The van der Waals surface area contributed by atoms with Crippen molar-refractivity contribution in [1.29, 1.82) is 0 Å². The lowest BCUT2D eigenvalue weighted by atomic mass is 9.96. The molecule has 1 rings (SSSR count). The van der Waals surface area contributed by atoms with Gasteiger partial charge in [-0.15, -0.1) is 0 Å². The van der Waals surface area contributed by atoms with E-state index in [1.807, 2.05) is 0 Å². The molecule has 12 heteroatoms. The van der Waals surface area contributed by atoms with E-state index >= 15 is 0 Å². The first-order valence-corrected chi connectivity index (χ1v) is 11.4. The Morgan fingerprint density at radius 3 is 1.97 bits per heavy atom. The van der Waals surface area contributed by atoms with Crippen molar-refractivity contribution in [2.75, 3.05) is 13.2 Å². The molecule has 1 aliphatic heterocycles. The summed E-state index contributed by atoms with van der Waals surface area (Å²) in [6.07, 6.45) is -3.39. The van der Waals surface area contributed by atoms with Crippen LogP contribution in [0, 0.1) is 0 Å². The average molecular weight is 504 g/mol. The SMILES string of the molecule is CC(=O)NC1C(OCCCCC(=O)OC(C)(C)C)OC(COC(C)=O)C(OC(C)=O)C1OC(C)=O. The molecule has 0 aromatic carbocycles. The molecule has 12 nitrogen and oxygen atoms in total. The van der Waals surface area contributed by atoms with Gasteiger partial charge in [0.25, 0.3) is 0 Å². The molecule has 1 heterocycles. The van der Waals surface area contributed by atoms with Gasteiger partial charge in [-0.1, -0.05) is 0 Å². The van der Waals surface area contributed by atoms with E-state index in [1.54, 1.807) is 20.8 Å². The smallest absolute Gasteiger partial charge is 0.306 e. The predicted molar refractivity (Wildman–Crippen MR) is 120 cm³/mol. The Labute approximate surface area is 205 Å². The summed E-state index contributed by atoms with van der Waals surface area (Å²) in [6.45, 7) is 9.96. The average Bonchev–Trinajstić information content (AvgIpc) is 2.67. The Kier molecular flexibility index (Phi) is 12.1. The predicted octanol–water partition coefficient (Wildman–Crippen LogP) is 1.17. The molecule has 35 heavy (non-hydrogen) atoms. The van der Waals surface area contributed by atoms with E-state index in [2.05, 4.69) is 5.32 Å². The number of ether oxygens (including phenoxy) is 6. The van der Waals surface area contributed by atoms with Crippen LogP contribution in [0.2, 0.25) is 0 Å². The van der Waals surface area contributed by atoms with Crippen molar-refractivity contribution in [2.45, 2.75) is 104 Å². The van der Waals surface area contributed by atoms with E-state index in [9.17, 15) is 24.0 Å². The van der Waals surface area contributed by atoms with Gasteiger partial charge in [0.15, 0.2) is 18.5 Å². The quantitative estimate of drug-likeness (QED) is 0.246. The summed E-state index contributed by atoms with van der Waals surface area (Å²) >= 11 is 0. The van der Waals surface area contributed by atoms with Crippen molar-refractivity contribution in [2.24, 2.45) is 0 Å². The number of nitrogens with one attached hydrogen (secondary N) is 1. The van der Waals surface area contributed by atoms with E-state index < -0.39 is 60.1 Å². The second-order valence-electron chi connectivity index (χ2n) is 9.13. The van der Waals surface area contributed by atoms with Crippen LogP contribution in [0.25, 0.3) is 0 Å². The maximum Gasteiger partial charge on any atom is 0.306 e. The largest absolute Gasteiger partial charge is 0.463 e. The first-order chi connectivity index (χ1) is 16.2. The van der Waals surface area contributed by atoms with Crippen molar-refractivity contribution in [3.63, 3.8) is 0 Å². The Bertz CT molecular complexity index is 761. The molecule has 1 fully saturated rings. The van der Waals surface area contributed by atoms with Gasteiger partial charge in [0.05, 0.1) is 0 Å². The van der Waals surface area contributed by atoms with Crippen molar-refractivity contribution < 1.29 is 52.4 Å². The molecule has 1 aliphatic rings. The van der Waals surface area contributed by atoms with Crippen LogP contribution in [0.3, 0.4) is 0 Å². The van der Waals surface area contributed by atoms with Crippen LogP contribution in [0.5, 0.6) is 0 Å². The number of hydrogen-bond donors (Lipinski definition) is 1. The Hall–Kier alpha value is -2.73. The third kappa shape index (κ3) is 12.0. The molecule has 0 aromatic rings. The fraction of sp³-hybridized carbons (Fsp3) is 0.783. The second kappa shape index (κ2) is 14.0. The number of carbonyl (C=O) groups is 5. The summed E-state index contributed by atoms with van der Waals surface area (Å²) in [5, 5.41) is 2.62. The maximum absolute atomic E-state index is 11.9. The topological polar surface area (TPSA) is 153 Å². The lowest BCUT2D eigenvalue weighted by Crippen LogP contribution is -2.66. The fourth-order valence-corrected chi connectivity index (χ4v) is 3.40. The molecule has 5 atom stereocenters. The molecular weight excluding hydrogens is 466 g/mol. The van der Waals surface area contributed by atoms with Gasteiger partial charge in [-0.3, -0.25) is 24.0 Å². The third-order valence-electron chi connectivity index (χ3n) is 4.55. The van der Waals surface area contributed by atoms with Gasteiger partial charge in [-0.25, -0.2) is 0 Å². The van der Waals surface area contributed by atoms with Gasteiger partial charge in [0, 0.05) is 40.7 Å². The van der Waals surface area contributed by atoms with Gasteiger partial charge in [0.1, 0.15) is 24.4 Å². The van der Waals surface area contributed by atoms with Gasteiger partial charge >= 0.3 is 23.9 Å². The zero-order valence-electron chi connectivity index (χ0n) is 21.4. The van der Waals surface area contributed by atoms with Crippen LogP contribution in [0.4, 0.5) is 0 Å². The fourth-order valence-electron chi connectivity index (χ4n) is 3.40. The summed E-state index contributed by atoms with van der Waals surface area (Å²) < 4.78 is 32.7. The van der Waals surface area contributed by atoms with Crippen LogP contribution < -0.4 is 5.32 Å². The monoisotopic (exact) mass is 503 g/mol. The Balaban J connectivity index is 2.98. The van der Waals surface area contributed by atoms with E-state index in [0.29, 0.717) is 12.8 Å². The highest BCUT2D eigenvalue weighted by Gasteiger charge is 2.51. The van der Waals surface area contributed by atoms with E-state index in [0.717, 1.165) is 6.92 Å². The first kappa shape index (κ1) is 30.3. The van der Waals surface area contributed by atoms with E-state index in [-0.39, 0.29) is 25.6 Å². The number of amides is 1. The zero-order valence-corrected chi connectivity index (χ0v) is 21.4. The maximum atomic E-state index is 11.9. The third-order valence-corrected chi connectivity index (χ3v) is 4.55. The molecular formula is C23H37NO11. The summed E-state index contributed by atoms with van der Waals surface area (Å²) in [6, 6.07) is -1.03. The van der Waals surface area contributed by atoms with Crippen LogP contribution in [-0.2, 0) is 52.4 Å². The molecule has 0 saturated carbocycles. The first-order valence-electron chi connectivity index (χ1n) is 11.4. The summed E-state index contributed by atoms with van der Waals surface area (Å²) in [4.78, 5) is 58.7. The van der Waals surface area contributed by atoms with Gasteiger partial charge in [0.2, 0.25) is 5.91 Å². The van der Waals surface area contributed by atoms with Crippen LogP contribution in [-0.4, -0.2) is 79.2 Å². The molecule has 200 valence electrons. The molecule has 1 saturated heterocycles. The zero-order chi connectivity index (χ0) is 26.8. The number of esters is 4. The molecule has 0 aliphatic carbocycles. The van der Waals surface area contributed by atoms with Crippen LogP contribution >= 0.6 is 0 Å². The molecule has 1 amide bonds. The van der Waals surface area contributed by atoms with Gasteiger partial charge in [-0.2, -0.15) is 0 Å². The van der Waals surface area contributed by atoms with E-state index in [4.69, 9.17) is 28.4 Å². The highest BCUT2D eigenvalue weighted by atomic mass is 16.7. The van der Waals surface area contributed by atoms with Crippen molar-refractivity contribution in [3.05, 3.63) is 0 Å². The molecule has 0 spiro atoms. The standard InChI is InChI=1S/C23H37NO11/c1-13(25)24-19-21(33-16(4)28)20(32-15(3)27)17(12-31-14(2)26)34-22(19)30-11-9-8-10-18(29)35-23(5,6)7/h17,19-22H,8-12H2,1-7H3,(H,24,25). The summed E-state index contributed by atoms with van der Waals surface area (Å²) in [7, 11) is 0. The molecule has 0 bridgehead atoms. The van der Waals surface area contributed by atoms with Crippen LogP contribution in [0.15, 0.2) is 0 Å². The minimum Gasteiger partial charge on any atom is -0.463 e. The molecule has 1 N–H and O–H groups in total. The minimum absolute atomic E-state index is 0.134. The molecule has 0 aromatic heterocycles. The van der Waals surface area contributed by atoms with Crippen molar-refractivity contribution in [1.82, 2.24) is 5.32 Å². The Morgan fingerprint density at radius 2 is 1.46 bits per heavy atom. The number of rotatable bonds is 11. The van der Waals surface area contributed by atoms with Gasteiger partial charge < -0.3 is 33.7 Å². The summed E-state index contributed by atoms with van der Waals surface area (Å²) in [5.74, 6) is -2.77. The normalized spacial score (nSPS) is 24.1. The van der Waals surface area contributed by atoms with Crippen LogP contribution in [0.1, 0.15) is 67.7 Å². The number of hydrogen-bond acceptors (Lipinski definition) is 11. The minimum atomic E-state index is -1.18. The molecule has 5 unspecified atom stereocenters.